The van der Waals surface area contributed by atoms with E-state index < -0.39 is 0 Å². The molecule has 0 unspecified atom stereocenters. The SMILES string of the molecule is CCOc1ncc(I)s1. The number of thiazole rings is 1. The average Bonchev–Trinajstić information content (AvgIpc) is 2.17. The second-order valence-corrected chi connectivity index (χ2v) is 4.25. The molecule has 1 rings (SSSR count). The fourth-order valence-electron chi connectivity index (χ4n) is 0.430. The zero-order chi connectivity index (χ0) is 6.69. The largest absolute Gasteiger partial charge is 0.470 e. The van der Waals surface area contributed by atoms with Gasteiger partial charge in [0.15, 0.2) is 0 Å². The Morgan fingerprint density at radius 2 is 2.67 bits per heavy atom. The summed E-state index contributed by atoms with van der Waals surface area (Å²) >= 11 is 3.78. The summed E-state index contributed by atoms with van der Waals surface area (Å²) in [6.45, 7) is 2.65. The number of aromatic nitrogens is 1. The first-order valence-electron chi connectivity index (χ1n) is 2.57. The van der Waals surface area contributed by atoms with Crippen LogP contribution in [0.4, 0.5) is 0 Å². The van der Waals surface area contributed by atoms with Gasteiger partial charge in [-0.2, -0.15) is 0 Å². The molecular formula is C5H6INOS. The Morgan fingerprint density at radius 3 is 3.11 bits per heavy atom. The van der Waals surface area contributed by atoms with Gasteiger partial charge in [0.1, 0.15) is 0 Å². The van der Waals surface area contributed by atoms with E-state index >= 15 is 0 Å². The molecule has 0 aromatic carbocycles. The normalized spacial score (nSPS) is 9.56. The molecule has 0 spiro atoms. The summed E-state index contributed by atoms with van der Waals surface area (Å²) in [5.41, 5.74) is 0. The number of halogens is 1. The minimum atomic E-state index is 0.698. The van der Waals surface area contributed by atoms with E-state index in [0.717, 1.165) is 8.08 Å². The van der Waals surface area contributed by atoms with Crippen LogP contribution in [0.5, 0.6) is 5.19 Å². The van der Waals surface area contributed by atoms with Gasteiger partial charge in [-0.15, -0.1) is 0 Å². The second-order valence-electron chi connectivity index (χ2n) is 1.36. The van der Waals surface area contributed by atoms with E-state index in [1.54, 1.807) is 17.5 Å². The summed E-state index contributed by atoms with van der Waals surface area (Å²) in [4.78, 5) is 3.99. The monoisotopic (exact) mass is 255 g/mol. The molecule has 4 heteroatoms. The van der Waals surface area contributed by atoms with Crippen molar-refractivity contribution < 1.29 is 4.74 Å². The summed E-state index contributed by atoms with van der Waals surface area (Å²) in [6, 6.07) is 0. The van der Waals surface area contributed by atoms with Crippen LogP contribution in [0.1, 0.15) is 6.92 Å². The maximum Gasteiger partial charge on any atom is 0.274 e. The van der Waals surface area contributed by atoms with E-state index in [2.05, 4.69) is 27.6 Å². The molecule has 0 aliphatic rings. The molecule has 0 N–H and O–H groups in total. The van der Waals surface area contributed by atoms with Crippen LogP contribution in [0.15, 0.2) is 6.20 Å². The lowest BCUT2D eigenvalue weighted by Crippen LogP contribution is -1.88. The molecule has 2 nitrogen and oxygen atoms in total. The van der Waals surface area contributed by atoms with Crippen molar-refractivity contribution >= 4 is 33.9 Å². The molecular weight excluding hydrogens is 249 g/mol. The highest BCUT2D eigenvalue weighted by molar-refractivity contribution is 14.1. The van der Waals surface area contributed by atoms with Gasteiger partial charge in [-0.1, -0.05) is 11.3 Å². The van der Waals surface area contributed by atoms with Crippen molar-refractivity contribution in [3.63, 3.8) is 0 Å². The zero-order valence-electron chi connectivity index (χ0n) is 4.93. The highest BCUT2D eigenvalue weighted by Crippen LogP contribution is 2.21. The Morgan fingerprint density at radius 1 is 1.89 bits per heavy atom. The number of ether oxygens (including phenoxy) is 1. The third-order valence-electron chi connectivity index (χ3n) is 0.724. The van der Waals surface area contributed by atoms with Gasteiger partial charge in [-0.05, 0) is 29.5 Å². The van der Waals surface area contributed by atoms with Crippen LogP contribution < -0.4 is 4.74 Å². The van der Waals surface area contributed by atoms with Crippen LogP contribution in [0.2, 0.25) is 0 Å². The van der Waals surface area contributed by atoms with E-state index in [4.69, 9.17) is 4.74 Å². The average molecular weight is 255 g/mol. The highest BCUT2D eigenvalue weighted by Gasteiger charge is 1.96. The predicted octanol–water partition coefficient (Wildman–Crippen LogP) is 2.15. The second kappa shape index (κ2) is 3.36. The standard InChI is InChI=1S/C5H6INOS/c1-2-8-5-7-3-4(6)9-5/h3H,2H2,1H3. The van der Waals surface area contributed by atoms with Crippen molar-refractivity contribution in [2.45, 2.75) is 6.92 Å². The van der Waals surface area contributed by atoms with Crippen molar-refractivity contribution in [2.24, 2.45) is 0 Å². The first-order chi connectivity index (χ1) is 4.33. The summed E-state index contributed by atoms with van der Waals surface area (Å²) in [6.07, 6.45) is 1.80. The Hall–Kier alpha value is 0.160. The zero-order valence-corrected chi connectivity index (χ0v) is 7.90. The molecule has 0 atom stereocenters. The fourth-order valence-corrected chi connectivity index (χ4v) is 1.69. The number of nitrogens with zero attached hydrogens (tertiary/aromatic N) is 1. The van der Waals surface area contributed by atoms with Crippen molar-refractivity contribution in [1.29, 1.82) is 0 Å². The lowest BCUT2D eigenvalue weighted by atomic mass is 10.9. The van der Waals surface area contributed by atoms with Crippen LogP contribution >= 0.6 is 33.9 Å². The molecule has 0 amide bonds. The molecule has 0 aliphatic heterocycles. The molecule has 1 aromatic heterocycles. The van der Waals surface area contributed by atoms with Gasteiger partial charge in [0.2, 0.25) is 0 Å². The maximum atomic E-state index is 5.13. The number of rotatable bonds is 2. The molecule has 0 aliphatic carbocycles. The first-order valence-corrected chi connectivity index (χ1v) is 4.46. The van der Waals surface area contributed by atoms with Crippen LogP contribution in [0.3, 0.4) is 0 Å². The lowest BCUT2D eigenvalue weighted by Gasteiger charge is -1.91. The van der Waals surface area contributed by atoms with E-state index in [-0.39, 0.29) is 0 Å². The van der Waals surface area contributed by atoms with E-state index in [1.165, 1.54) is 0 Å². The molecule has 9 heavy (non-hydrogen) atoms. The molecule has 0 radical (unpaired) electrons. The number of hydrogen-bond acceptors (Lipinski definition) is 3. The summed E-state index contributed by atoms with van der Waals surface area (Å²) in [7, 11) is 0. The molecule has 0 bridgehead atoms. The molecule has 0 fully saturated rings. The van der Waals surface area contributed by atoms with Gasteiger partial charge in [-0.3, -0.25) is 0 Å². The van der Waals surface area contributed by atoms with Gasteiger partial charge in [0.25, 0.3) is 5.19 Å². The maximum absolute atomic E-state index is 5.13. The van der Waals surface area contributed by atoms with Crippen molar-refractivity contribution in [3.05, 3.63) is 9.08 Å². The van der Waals surface area contributed by atoms with Crippen molar-refractivity contribution in [2.75, 3.05) is 6.61 Å². The van der Waals surface area contributed by atoms with Gasteiger partial charge < -0.3 is 4.74 Å². The van der Waals surface area contributed by atoms with Crippen molar-refractivity contribution in [3.8, 4) is 5.19 Å². The van der Waals surface area contributed by atoms with Gasteiger partial charge in [0.05, 0.1) is 15.7 Å². The summed E-state index contributed by atoms with van der Waals surface area (Å²) < 4.78 is 6.29. The lowest BCUT2D eigenvalue weighted by molar-refractivity contribution is 0.338. The van der Waals surface area contributed by atoms with Crippen molar-refractivity contribution in [1.82, 2.24) is 4.98 Å². The van der Waals surface area contributed by atoms with E-state index in [0.29, 0.717) is 6.61 Å². The third-order valence-corrected chi connectivity index (χ3v) is 2.36. The van der Waals surface area contributed by atoms with Gasteiger partial charge in [0, 0.05) is 0 Å². The molecule has 1 aromatic rings. The van der Waals surface area contributed by atoms with Crippen LogP contribution in [-0.2, 0) is 0 Å². The smallest absolute Gasteiger partial charge is 0.274 e. The van der Waals surface area contributed by atoms with Crippen LogP contribution in [-0.4, -0.2) is 11.6 Å². The predicted molar refractivity (Wildman–Crippen MR) is 46.0 cm³/mol. The van der Waals surface area contributed by atoms with Gasteiger partial charge in [-0.25, -0.2) is 4.98 Å². The molecule has 50 valence electrons. The Kier molecular flexibility index (Phi) is 2.71. The van der Waals surface area contributed by atoms with Gasteiger partial charge >= 0.3 is 0 Å². The molecule has 1 heterocycles. The molecule has 0 saturated carbocycles. The highest BCUT2D eigenvalue weighted by atomic mass is 127. The van der Waals surface area contributed by atoms with E-state index in [1.807, 2.05) is 6.92 Å². The fraction of sp³-hybridized carbons (Fsp3) is 0.400. The topological polar surface area (TPSA) is 22.1 Å². The van der Waals surface area contributed by atoms with Crippen LogP contribution in [0.25, 0.3) is 0 Å². The molecule has 0 saturated heterocycles. The van der Waals surface area contributed by atoms with Crippen LogP contribution in [0, 0.1) is 2.88 Å². The Balaban J connectivity index is 2.61. The minimum absolute atomic E-state index is 0.698. The quantitative estimate of drug-likeness (QED) is 0.755. The summed E-state index contributed by atoms with van der Waals surface area (Å²) in [5, 5.41) is 0.766. The summed E-state index contributed by atoms with van der Waals surface area (Å²) in [5.74, 6) is 0. The first kappa shape index (κ1) is 7.27. The Bertz CT molecular complexity index is 189. The third kappa shape index (κ3) is 2.09. The minimum Gasteiger partial charge on any atom is -0.470 e. The Labute approximate surface area is 71.4 Å². The number of hydrogen-bond donors (Lipinski definition) is 0. The van der Waals surface area contributed by atoms with E-state index in [9.17, 15) is 0 Å².